The molecule has 0 amide bonds. The fourth-order valence-corrected chi connectivity index (χ4v) is 2.66. The second kappa shape index (κ2) is 11.3. The summed E-state index contributed by atoms with van der Waals surface area (Å²) < 4.78 is 15.0. The maximum atomic E-state index is 12.5. The van der Waals surface area contributed by atoms with Crippen LogP contribution in [0.1, 0.15) is 83.4 Å². The van der Waals surface area contributed by atoms with E-state index in [0.29, 0.717) is 0 Å². The highest BCUT2D eigenvalue weighted by Crippen LogP contribution is 2.18. The lowest BCUT2D eigenvalue weighted by Crippen LogP contribution is -2.19. The molecule has 1 rings (SSSR count). The van der Waals surface area contributed by atoms with Crippen molar-refractivity contribution in [2.45, 2.75) is 58.5 Å². The minimum absolute atomic E-state index is 0.0215. The molecule has 1 atom stereocenters. The van der Waals surface area contributed by atoms with Crippen LogP contribution >= 0.6 is 0 Å². The lowest BCUT2D eigenvalue weighted by atomic mass is 10.0. The van der Waals surface area contributed by atoms with Gasteiger partial charge in [-0.1, -0.05) is 33.1 Å². The van der Waals surface area contributed by atoms with E-state index in [4.69, 9.17) is 9.47 Å². The van der Waals surface area contributed by atoms with Crippen LogP contribution in [0.25, 0.3) is 0 Å². The maximum absolute atomic E-state index is 12.5. The molecule has 0 aliphatic rings. The summed E-state index contributed by atoms with van der Waals surface area (Å²) in [5.41, 5.74) is 0.227. The first kappa shape index (κ1) is 21.7. The Balaban J connectivity index is 3.00. The van der Waals surface area contributed by atoms with Crippen molar-refractivity contribution in [1.29, 1.82) is 0 Å². The van der Waals surface area contributed by atoms with Gasteiger partial charge in [-0.05, 0) is 37.5 Å². The Bertz CT molecular complexity index is 623. The molecule has 0 fully saturated rings. The van der Waals surface area contributed by atoms with Gasteiger partial charge in [-0.2, -0.15) is 0 Å². The summed E-state index contributed by atoms with van der Waals surface area (Å²) in [6.45, 7) is 4.17. The normalized spacial score (nSPS) is 11.5. The van der Waals surface area contributed by atoms with Gasteiger partial charge in [0.15, 0.2) is 0 Å². The highest BCUT2D eigenvalue weighted by Gasteiger charge is 2.22. The standard InChI is InChI=1S/C20H28O6/c1-5-7-8-10-15(9-6-2)26-18(21)14-11-12-16(19(22)24-3)17(13-14)20(23)25-4/h11-13,15H,5-10H2,1-4H3. The van der Waals surface area contributed by atoms with E-state index in [1.807, 2.05) is 6.92 Å². The molecule has 0 aliphatic heterocycles. The third-order valence-corrected chi connectivity index (χ3v) is 4.08. The van der Waals surface area contributed by atoms with E-state index in [1.54, 1.807) is 0 Å². The van der Waals surface area contributed by atoms with Crippen molar-refractivity contribution in [1.82, 2.24) is 0 Å². The molecule has 0 radical (unpaired) electrons. The number of hydrogen-bond donors (Lipinski definition) is 0. The number of carbonyl (C=O) groups excluding carboxylic acids is 3. The molecule has 26 heavy (non-hydrogen) atoms. The Morgan fingerprint density at radius 3 is 2.08 bits per heavy atom. The van der Waals surface area contributed by atoms with Crippen LogP contribution in [-0.2, 0) is 14.2 Å². The van der Waals surface area contributed by atoms with Crippen molar-refractivity contribution in [2.75, 3.05) is 14.2 Å². The summed E-state index contributed by atoms with van der Waals surface area (Å²) in [5, 5.41) is 0. The van der Waals surface area contributed by atoms with Gasteiger partial charge in [0, 0.05) is 0 Å². The summed E-state index contributed by atoms with van der Waals surface area (Å²) in [6, 6.07) is 4.14. The van der Waals surface area contributed by atoms with E-state index in [2.05, 4.69) is 11.7 Å². The molecular weight excluding hydrogens is 336 g/mol. The number of hydrogen-bond acceptors (Lipinski definition) is 6. The molecular formula is C20H28O6. The van der Waals surface area contributed by atoms with E-state index in [1.165, 1.54) is 32.4 Å². The number of carbonyl (C=O) groups is 3. The predicted octanol–water partition coefficient (Wildman–Crippen LogP) is 4.17. The summed E-state index contributed by atoms with van der Waals surface area (Å²) >= 11 is 0. The Labute approximate surface area is 154 Å². The summed E-state index contributed by atoms with van der Waals surface area (Å²) in [4.78, 5) is 36.2. The van der Waals surface area contributed by atoms with Crippen LogP contribution in [0.3, 0.4) is 0 Å². The molecule has 1 aromatic carbocycles. The maximum Gasteiger partial charge on any atom is 0.338 e. The Morgan fingerprint density at radius 2 is 1.50 bits per heavy atom. The first-order valence-electron chi connectivity index (χ1n) is 9.00. The van der Waals surface area contributed by atoms with Crippen molar-refractivity contribution >= 4 is 17.9 Å². The van der Waals surface area contributed by atoms with Crippen LogP contribution < -0.4 is 0 Å². The number of unbranched alkanes of at least 4 members (excludes halogenated alkanes) is 2. The van der Waals surface area contributed by atoms with Gasteiger partial charge in [0.05, 0.1) is 30.9 Å². The average Bonchev–Trinajstić information content (AvgIpc) is 2.66. The van der Waals surface area contributed by atoms with Gasteiger partial charge in [-0.25, -0.2) is 14.4 Å². The van der Waals surface area contributed by atoms with Gasteiger partial charge >= 0.3 is 17.9 Å². The monoisotopic (exact) mass is 364 g/mol. The average molecular weight is 364 g/mol. The summed E-state index contributed by atoms with van der Waals surface area (Å²) in [6.07, 6.45) is 5.57. The van der Waals surface area contributed by atoms with Gasteiger partial charge in [0.25, 0.3) is 0 Å². The highest BCUT2D eigenvalue weighted by atomic mass is 16.5. The highest BCUT2D eigenvalue weighted by molar-refractivity contribution is 6.05. The second-order valence-electron chi connectivity index (χ2n) is 6.06. The van der Waals surface area contributed by atoms with Gasteiger partial charge in [-0.3, -0.25) is 0 Å². The van der Waals surface area contributed by atoms with E-state index in [-0.39, 0.29) is 22.8 Å². The van der Waals surface area contributed by atoms with Crippen LogP contribution in [-0.4, -0.2) is 38.2 Å². The molecule has 0 saturated heterocycles. The van der Waals surface area contributed by atoms with Crippen molar-refractivity contribution in [3.63, 3.8) is 0 Å². The number of ether oxygens (including phenoxy) is 3. The fraction of sp³-hybridized carbons (Fsp3) is 0.550. The summed E-state index contributed by atoms with van der Waals surface area (Å²) in [5.74, 6) is -1.90. The molecule has 6 nitrogen and oxygen atoms in total. The Morgan fingerprint density at radius 1 is 0.846 bits per heavy atom. The Kier molecular flexibility index (Phi) is 9.41. The number of esters is 3. The molecule has 0 spiro atoms. The molecule has 1 unspecified atom stereocenters. The van der Waals surface area contributed by atoms with Crippen LogP contribution in [0.5, 0.6) is 0 Å². The summed E-state index contributed by atoms with van der Waals surface area (Å²) in [7, 11) is 2.43. The zero-order chi connectivity index (χ0) is 19.5. The minimum atomic E-state index is -0.715. The van der Waals surface area contributed by atoms with Crippen LogP contribution in [0.2, 0.25) is 0 Å². The van der Waals surface area contributed by atoms with Crippen molar-refractivity contribution in [3.05, 3.63) is 34.9 Å². The van der Waals surface area contributed by atoms with Crippen molar-refractivity contribution in [3.8, 4) is 0 Å². The molecule has 6 heteroatoms. The minimum Gasteiger partial charge on any atom is -0.465 e. The predicted molar refractivity (Wildman–Crippen MR) is 97.4 cm³/mol. The van der Waals surface area contributed by atoms with Gasteiger partial charge < -0.3 is 14.2 Å². The van der Waals surface area contributed by atoms with E-state index >= 15 is 0 Å². The van der Waals surface area contributed by atoms with E-state index < -0.39 is 17.9 Å². The third kappa shape index (κ3) is 6.17. The van der Waals surface area contributed by atoms with Crippen molar-refractivity contribution < 1.29 is 28.6 Å². The van der Waals surface area contributed by atoms with Crippen LogP contribution in [0.15, 0.2) is 18.2 Å². The topological polar surface area (TPSA) is 78.9 Å². The molecule has 144 valence electrons. The zero-order valence-electron chi connectivity index (χ0n) is 16.0. The number of rotatable bonds is 10. The van der Waals surface area contributed by atoms with Gasteiger partial charge in [0.1, 0.15) is 6.10 Å². The smallest absolute Gasteiger partial charge is 0.338 e. The van der Waals surface area contributed by atoms with Crippen molar-refractivity contribution in [2.24, 2.45) is 0 Å². The lowest BCUT2D eigenvalue weighted by Gasteiger charge is -2.17. The molecule has 0 N–H and O–H groups in total. The first-order chi connectivity index (χ1) is 12.5. The van der Waals surface area contributed by atoms with E-state index in [0.717, 1.165) is 38.5 Å². The quantitative estimate of drug-likeness (QED) is 0.352. The van der Waals surface area contributed by atoms with E-state index in [9.17, 15) is 14.4 Å². The van der Waals surface area contributed by atoms with Gasteiger partial charge in [-0.15, -0.1) is 0 Å². The molecule has 1 aromatic rings. The van der Waals surface area contributed by atoms with Crippen LogP contribution in [0.4, 0.5) is 0 Å². The van der Waals surface area contributed by atoms with Gasteiger partial charge in [0.2, 0.25) is 0 Å². The largest absolute Gasteiger partial charge is 0.465 e. The molecule has 0 aromatic heterocycles. The zero-order valence-corrected chi connectivity index (χ0v) is 16.0. The first-order valence-corrected chi connectivity index (χ1v) is 9.00. The molecule has 0 aliphatic carbocycles. The fourth-order valence-electron chi connectivity index (χ4n) is 2.66. The molecule has 0 saturated carbocycles. The number of methoxy groups -OCH3 is 2. The molecule has 0 heterocycles. The third-order valence-electron chi connectivity index (χ3n) is 4.08. The molecule has 0 bridgehead atoms. The lowest BCUT2D eigenvalue weighted by molar-refractivity contribution is 0.0253. The van der Waals surface area contributed by atoms with Crippen LogP contribution in [0, 0.1) is 0 Å². The Hall–Kier alpha value is -2.37. The number of benzene rings is 1. The SMILES string of the molecule is CCCCCC(CCC)OC(=O)c1ccc(C(=O)OC)c(C(=O)OC)c1. The second-order valence-corrected chi connectivity index (χ2v) is 6.06.